The Morgan fingerprint density at radius 2 is 1.81 bits per heavy atom. The quantitative estimate of drug-likeness (QED) is 0.845. The van der Waals surface area contributed by atoms with Crippen molar-refractivity contribution in [1.82, 2.24) is 4.98 Å². The number of hydrogen-bond acceptors (Lipinski definition) is 3. The molecule has 112 valence electrons. The number of benzene rings is 1. The minimum Gasteiger partial charge on any atom is -0.327 e. The van der Waals surface area contributed by atoms with Crippen LogP contribution in [0.1, 0.15) is 44.2 Å². The van der Waals surface area contributed by atoms with Gasteiger partial charge in [-0.05, 0) is 48.1 Å². The Kier molecular flexibility index (Phi) is 5.83. The number of nitrogens with two attached hydrogens (primary N) is 1. The third-order valence-corrected chi connectivity index (χ3v) is 4.55. The third kappa shape index (κ3) is 4.87. The molecule has 2 aromatic rings. The Balaban J connectivity index is 1.99. The van der Waals surface area contributed by atoms with Crippen molar-refractivity contribution in [3.63, 3.8) is 0 Å². The van der Waals surface area contributed by atoms with Crippen molar-refractivity contribution in [1.29, 1.82) is 0 Å². The minimum atomic E-state index is 0.230. The highest BCUT2D eigenvalue weighted by atomic mass is 32.2. The summed E-state index contributed by atoms with van der Waals surface area (Å²) in [6, 6.07) is 13.2. The molecule has 0 aliphatic carbocycles. The molecule has 1 aromatic carbocycles. The largest absolute Gasteiger partial charge is 0.327 e. The molecular formula is C18H24N2S. The van der Waals surface area contributed by atoms with Crippen LogP contribution in [-0.4, -0.2) is 11.0 Å². The van der Waals surface area contributed by atoms with E-state index < -0.39 is 0 Å². The fraction of sp³-hybridized carbons (Fsp3) is 0.389. The fourth-order valence-electron chi connectivity index (χ4n) is 2.08. The predicted octanol–water partition coefficient (Wildman–Crippen LogP) is 4.64. The highest BCUT2D eigenvalue weighted by Crippen LogP contribution is 2.27. The van der Waals surface area contributed by atoms with E-state index in [1.807, 2.05) is 6.20 Å². The van der Waals surface area contributed by atoms with Gasteiger partial charge in [0.25, 0.3) is 0 Å². The molecule has 0 spiro atoms. The number of aromatic nitrogens is 1. The van der Waals surface area contributed by atoms with Gasteiger partial charge >= 0.3 is 0 Å². The van der Waals surface area contributed by atoms with Crippen molar-refractivity contribution in [3.8, 4) is 0 Å². The highest BCUT2D eigenvalue weighted by molar-refractivity contribution is 7.99. The highest BCUT2D eigenvalue weighted by Gasteiger charge is 2.04. The first-order valence-corrected chi connectivity index (χ1v) is 8.38. The Morgan fingerprint density at radius 3 is 2.33 bits per heavy atom. The molecule has 1 heterocycles. The zero-order valence-electron chi connectivity index (χ0n) is 13.0. The molecule has 0 aliphatic heterocycles. The van der Waals surface area contributed by atoms with Crippen molar-refractivity contribution >= 4 is 11.8 Å². The maximum Gasteiger partial charge on any atom is 0.101 e. The zero-order chi connectivity index (χ0) is 15.2. The van der Waals surface area contributed by atoms with Gasteiger partial charge in [0, 0.05) is 17.1 Å². The lowest BCUT2D eigenvalue weighted by atomic mass is 10.0. The van der Waals surface area contributed by atoms with E-state index >= 15 is 0 Å². The monoisotopic (exact) mass is 300 g/mol. The normalized spacial score (nSPS) is 12.6. The number of pyridine rings is 1. The third-order valence-electron chi connectivity index (χ3n) is 3.59. The van der Waals surface area contributed by atoms with Gasteiger partial charge in [-0.3, -0.25) is 0 Å². The van der Waals surface area contributed by atoms with Crippen LogP contribution in [0, 0.1) is 0 Å². The average molecular weight is 300 g/mol. The van der Waals surface area contributed by atoms with Crippen molar-refractivity contribution in [2.45, 2.75) is 55.5 Å². The maximum atomic E-state index is 5.97. The second-order valence-corrected chi connectivity index (χ2v) is 6.80. The van der Waals surface area contributed by atoms with E-state index in [0.717, 1.165) is 17.9 Å². The average Bonchev–Trinajstić information content (AvgIpc) is 2.49. The molecule has 1 atom stereocenters. The van der Waals surface area contributed by atoms with Gasteiger partial charge in [0.15, 0.2) is 0 Å². The van der Waals surface area contributed by atoms with Gasteiger partial charge in [-0.2, -0.15) is 0 Å². The number of nitrogens with zero attached hydrogens (tertiary/aromatic N) is 1. The van der Waals surface area contributed by atoms with E-state index in [1.165, 1.54) is 16.0 Å². The van der Waals surface area contributed by atoms with Crippen molar-refractivity contribution in [2.24, 2.45) is 5.73 Å². The molecule has 21 heavy (non-hydrogen) atoms. The molecule has 2 rings (SSSR count). The summed E-state index contributed by atoms with van der Waals surface area (Å²) in [6.45, 7) is 6.54. The first-order chi connectivity index (χ1) is 10.1. The van der Waals surface area contributed by atoms with Gasteiger partial charge in [0.1, 0.15) is 5.03 Å². The number of hydrogen-bond donors (Lipinski definition) is 1. The molecule has 2 nitrogen and oxygen atoms in total. The van der Waals surface area contributed by atoms with E-state index in [4.69, 9.17) is 5.73 Å². The van der Waals surface area contributed by atoms with Gasteiger partial charge in [-0.25, -0.2) is 4.98 Å². The van der Waals surface area contributed by atoms with Crippen LogP contribution in [0.3, 0.4) is 0 Å². The molecule has 0 aliphatic rings. The van der Waals surface area contributed by atoms with Gasteiger partial charge in [-0.15, -0.1) is 0 Å². The molecule has 2 N–H and O–H groups in total. The van der Waals surface area contributed by atoms with Crippen LogP contribution in [-0.2, 0) is 6.42 Å². The summed E-state index contributed by atoms with van der Waals surface area (Å²) < 4.78 is 0. The molecule has 0 fully saturated rings. The lowest BCUT2D eigenvalue weighted by Gasteiger charge is -2.09. The van der Waals surface area contributed by atoms with E-state index in [9.17, 15) is 0 Å². The van der Waals surface area contributed by atoms with Crippen molar-refractivity contribution < 1.29 is 0 Å². The summed E-state index contributed by atoms with van der Waals surface area (Å²) in [5.41, 5.74) is 8.56. The summed E-state index contributed by atoms with van der Waals surface area (Å²) in [5.74, 6) is 0.573. The molecule has 1 unspecified atom stereocenters. The Labute approximate surface area is 132 Å². The molecule has 0 saturated carbocycles. The maximum absolute atomic E-state index is 5.97. The van der Waals surface area contributed by atoms with E-state index in [0.29, 0.717) is 5.92 Å². The summed E-state index contributed by atoms with van der Waals surface area (Å²) in [7, 11) is 0. The standard InChI is InChI=1S/C18H24N2S/c1-4-16(19)11-14-5-10-18(20-12-14)21-17-8-6-15(7-9-17)13(2)3/h5-10,12-13,16H,4,11,19H2,1-3H3. The molecule has 0 saturated heterocycles. The summed E-state index contributed by atoms with van der Waals surface area (Å²) in [6.07, 6.45) is 3.84. The van der Waals surface area contributed by atoms with Crippen LogP contribution >= 0.6 is 11.8 Å². The fourth-order valence-corrected chi connectivity index (χ4v) is 2.84. The smallest absolute Gasteiger partial charge is 0.101 e. The van der Waals surface area contributed by atoms with Crippen LogP contribution in [0.5, 0.6) is 0 Å². The molecule has 0 bridgehead atoms. The second-order valence-electron chi connectivity index (χ2n) is 5.70. The lowest BCUT2D eigenvalue weighted by Crippen LogP contribution is -2.21. The molecule has 3 heteroatoms. The van der Waals surface area contributed by atoms with Gasteiger partial charge in [-0.1, -0.05) is 50.7 Å². The molecule has 0 radical (unpaired) electrons. The van der Waals surface area contributed by atoms with Gasteiger partial charge < -0.3 is 5.73 Å². The van der Waals surface area contributed by atoms with Crippen LogP contribution in [0.25, 0.3) is 0 Å². The first kappa shape index (κ1) is 16.1. The Morgan fingerprint density at radius 1 is 1.10 bits per heavy atom. The topological polar surface area (TPSA) is 38.9 Å². The van der Waals surface area contributed by atoms with E-state index in [1.54, 1.807) is 11.8 Å². The van der Waals surface area contributed by atoms with Crippen molar-refractivity contribution in [2.75, 3.05) is 0 Å². The summed E-state index contributed by atoms with van der Waals surface area (Å²) in [4.78, 5) is 5.75. The zero-order valence-corrected chi connectivity index (χ0v) is 13.9. The number of rotatable bonds is 6. The van der Waals surface area contributed by atoms with E-state index in [2.05, 4.69) is 62.2 Å². The SMILES string of the molecule is CCC(N)Cc1ccc(Sc2ccc(C(C)C)cc2)nc1. The van der Waals surface area contributed by atoms with Crippen LogP contribution in [0.2, 0.25) is 0 Å². The molecular weight excluding hydrogens is 276 g/mol. The Hall–Kier alpha value is -1.32. The van der Waals surface area contributed by atoms with Crippen LogP contribution in [0.15, 0.2) is 52.5 Å². The van der Waals surface area contributed by atoms with E-state index in [-0.39, 0.29) is 6.04 Å². The first-order valence-electron chi connectivity index (χ1n) is 7.56. The van der Waals surface area contributed by atoms with Gasteiger partial charge in [0.2, 0.25) is 0 Å². The van der Waals surface area contributed by atoms with Crippen LogP contribution < -0.4 is 5.73 Å². The lowest BCUT2D eigenvalue weighted by molar-refractivity contribution is 0.644. The second kappa shape index (κ2) is 7.62. The summed E-state index contributed by atoms with van der Waals surface area (Å²) in [5, 5.41) is 1.03. The molecule has 1 aromatic heterocycles. The predicted molar refractivity (Wildman–Crippen MR) is 90.9 cm³/mol. The van der Waals surface area contributed by atoms with Gasteiger partial charge in [0.05, 0.1) is 0 Å². The van der Waals surface area contributed by atoms with Crippen LogP contribution in [0.4, 0.5) is 0 Å². The minimum absolute atomic E-state index is 0.230. The molecule has 0 amide bonds. The summed E-state index contributed by atoms with van der Waals surface area (Å²) >= 11 is 1.70. The van der Waals surface area contributed by atoms with Crippen molar-refractivity contribution in [3.05, 3.63) is 53.7 Å². The Bertz CT molecular complexity index is 546.